The van der Waals surface area contributed by atoms with Crippen molar-refractivity contribution in [3.8, 4) is 0 Å². The quantitative estimate of drug-likeness (QED) is 0.363. The van der Waals surface area contributed by atoms with E-state index in [1.54, 1.807) is 24.3 Å². The Balaban J connectivity index is 1.76. The first-order chi connectivity index (χ1) is 14.0. The number of benzene rings is 2. The smallest absolute Gasteiger partial charge is 0.284 e. The van der Waals surface area contributed by atoms with Crippen LogP contribution in [-0.4, -0.2) is 39.9 Å². The molecule has 0 aromatic heterocycles. The highest BCUT2D eigenvalue weighted by Gasteiger charge is 2.74. The Bertz CT molecular complexity index is 1000. The van der Waals surface area contributed by atoms with E-state index in [1.165, 1.54) is 4.90 Å². The van der Waals surface area contributed by atoms with E-state index < -0.39 is 23.3 Å². The minimum atomic E-state index is -1.76. The summed E-state index contributed by atoms with van der Waals surface area (Å²) in [5.74, 6) is -2.99. The SMILES string of the molecule is O=C1C2C3c4ccccc4C([N+](=O)[O-])(c4ccccc43)C2C(=O)N1CCCCO. The number of carbonyl (C=O) groups is 2. The van der Waals surface area contributed by atoms with Crippen molar-refractivity contribution in [3.05, 3.63) is 80.9 Å². The Morgan fingerprint density at radius 3 is 2.10 bits per heavy atom. The molecule has 7 nitrogen and oxygen atoms in total. The molecule has 2 aromatic rings. The molecule has 1 aliphatic heterocycles. The zero-order chi connectivity index (χ0) is 20.3. The number of nitro groups is 1. The number of carbonyl (C=O) groups excluding carboxylic acids is 2. The van der Waals surface area contributed by atoms with Gasteiger partial charge in [0, 0.05) is 35.1 Å². The number of nitrogens with zero attached hydrogens (tertiary/aromatic N) is 2. The highest BCUT2D eigenvalue weighted by molar-refractivity contribution is 6.08. The van der Waals surface area contributed by atoms with Crippen LogP contribution >= 0.6 is 0 Å². The molecule has 4 aliphatic rings. The summed E-state index contributed by atoms with van der Waals surface area (Å²) < 4.78 is 0. The topological polar surface area (TPSA) is 101 Å². The lowest BCUT2D eigenvalue weighted by atomic mass is 9.51. The van der Waals surface area contributed by atoms with Crippen molar-refractivity contribution in [3.63, 3.8) is 0 Å². The molecule has 2 atom stereocenters. The van der Waals surface area contributed by atoms with Crippen LogP contribution < -0.4 is 0 Å². The third-order valence-corrected chi connectivity index (χ3v) is 6.74. The zero-order valence-electron chi connectivity index (χ0n) is 15.7. The second-order valence-electron chi connectivity index (χ2n) is 7.94. The van der Waals surface area contributed by atoms with Gasteiger partial charge in [-0.3, -0.25) is 24.6 Å². The highest BCUT2D eigenvalue weighted by atomic mass is 16.6. The number of amides is 2. The van der Waals surface area contributed by atoms with Gasteiger partial charge in [0.25, 0.3) is 5.54 Å². The van der Waals surface area contributed by atoms with E-state index in [0.29, 0.717) is 24.0 Å². The molecule has 2 unspecified atom stereocenters. The van der Waals surface area contributed by atoms with E-state index in [4.69, 9.17) is 5.11 Å². The molecule has 1 N–H and O–H groups in total. The van der Waals surface area contributed by atoms with Gasteiger partial charge in [-0.25, -0.2) is 0 Å². The Morgan fingerprint density at radius 2 is 1.55 bits per heavy atom. The number of aliphatic hydroxyl groups is 1. The molecular weight excluding hydrogens is 372 g/mol. The summed E-state index contributed by atoms with van der Waals surface area (Å²) in [6.45, 7) is 0.153. The summed E-state index contributed by atoms with van der Waals surface area (Å²) >= 11 is 0. The summed E-state index contributed by atoms with van der Waals surface area (Å²) in [5, 5.41) is 21.8. The molecule has 148 valence electrons. The lowest BCUT2D eigenvalue weighted by Gasteiger charge is -2.48. The monoisotopic (exact) mass is 392 g/mol. The van der Waals surface area contributed by atoms with Crippen LogP contribution in [0.5, 0.6) is 0 Å². The van der Waals surface area contributed by atoms with Crippen molar-refractivity contribution >= 4 is 11.8 Å². The summed E-state index contributed by atoms with van der Waals surface area (Å²) in [6.07, 6.45) is 0.945. The molecule has 0 spiro atoms. The molecule has 6 rings (SSSR count). The molecule has 2 amide bonds. The molecule has 1 heterocycles. The molecule has 2 bridgehead atoms. The van der Waals surface area contributed by atoms with Crippen molar-refractivity contribution < 1.29 is 19.6 Å². The number of unbranched alkanes of at least 4 members (excludes halogenated alkanes) is 1. The molecule has 2 aromatic carbocycles. The highest BCUT2D eigenvalue weighted by Crippen LogP contribution is 2.64. The number of aliphatic hydroxyl groups excluding tert-OH is 1. The van der Waals surface area contributed by atoms with Crippen LogP contribution in [-0.2, 0) is 15.1 Å². The van der Waals surface area contributed by atoms with E-state index in [2.05, 4.69) is 0 Å². The van der Waals surface area contributed by atoms with E-state index >= 15 is 0 Å². The second-order valence-corrected chi connectivity index (χ2v) is 7.94. The fourth-order valence-electron chi connectivity index (χ4n) is 5.70. The Hall–Kier alpha value is -3.06. The molecule has 1 fully saturated rings. The third kappa shape index (κ3) is 2.05. The minimum Gasteiger partial charge on any atom is -0.396 e. The second kappa shape index (κ2) is 6.22. The van der Waals surface area contributed by atoms with Crippen LogP contribution in [0, 0.1) is 22.0 Å². The maximum atomic E-state index is 13.4. The average molecular weight is 392 g/mol. The van der Waals surface area contributed by atoms with Gasteiger partial charge >= 0.3 is 0 Å². The minimum absolute atomic E-state index is 0.0264. The van der Waals surface area contributed by atoms with Gasteiger partial charge in [-0.15, -0.1) is 0 Å². The molecule has 1 saturated heterocycles. The summed E-state index contributed by atoms with van der Waals surface area (Å²) in [5.41, 5.74) is 0.817. The maximum absolute atomic E-state index is 13.4. The van der Waals surface area contributed by atoms with Gasteiger partial charge in [-0.2, -0.15) is 0 Å². The van der Waals surface area contributed by atoms with Crippen LogP contribution in [0.15, 0.2) is 48.5 Å². The van der Waals surface area contributed by atoms with E-state index in [9.17, 15) is 19.7 Å². The molecule has 29 heavy (non-hydrogen) atoms. The number of imide groups is 1. The van der Waals surface area contributed by atoms with Gasteiger partial charge in [-0.05, 0) is 24.0 Å². The van der Waals surface area contributed by atoms with E-state index in [0.717, 1.165) is 11.1 Å². The standard InChI is InChI=1S/C22H20N2O5/c25-12-6-5-11-23-20(26)18-17-13-7-1-3-9-15(13)22(24(28)29,19(18)21(23)27)16-10-4-2-8-14(16)17/h1-4,7-10,17-19,25H,5-6,11-12H2. The van der Waals surface area contributed by atoms with Crippen LogP contribution in [0.4, 0.5) is 0 Å². The first kappa shape index (κ1) is 18.0. The number of hydrogen-bond donors (Lipinski definition) is 1. The first-order valence-corrected chi connectivity index (χ1v) is 9.84. The molecule has 0 radical (unpaired) electrons. The largest absolute Gasteiger partial charge is 0.396 e. The van der Waals surface area contributed by atoms with Crippen LogP contribution in [0.3, 0.4) is 0 Å². The van der Waals surface area contributed by atoms with Crippen LogP contribution in [0.25, 0.3) is 0 Å². The van der Waals surface area contributed by atoms with Crippen molar-refractivity contribution in [2.24, 2.45) is 11.8 Å². The van der Waals surface area contributed by atoms with Gasteiger partial charge in [0.1, 0.15) is 5.92 Å². The van der Waals surface area contributed by atoms with Crippen molar-refractivity contribution in [1.82, 2.24) is 4.90 Å². The summed E-state index contributed by atoms with van der Waals surface area (Å²) in [7, 11) is 0. The van der Waals surface area contributed by atoms with Gasteiger partial charge in [0.05, 0.1) is 5.92 Å². The molecular formula is C22H20N2O5. The summed E-state index contributed by atoms with van der Waals surface area (Å²) in [4.78, 5) is 40.3. The number of hydrogen-bond acceptors (Lipinski definition) is 5. The van der Waals surface area contributed by atoms with Crippen LogP contribution in [0.2, 0.25) is 0 Å². The number of rotatable bonds is 5. The van der Waals surface area contributed by atoms with E-state index in [-0.39, 0.29) is 29.9 Å². The van der Waals surface area contributed by atoms with Gasteiger partial charge < -0.3 is 5.11 Å². The van der Waals surface area contributed by atoms with Crippen LogP contribution in [0.1, 0.15) is 41.0 Å². The fraction of sp³-hybridized carbons (Fsp3) is 0.364. The van der Waals surface area contributed by atoms with Crippen molar-refractivity contribution in [2.75, 3.05) is 13.2 Å². The van der Waals surface area contributed by atoms with Crippen molar-refractivity contribution in [2.45, 2.75) is 24.3 Å². The first-order valence-electron chi connectivity index (χ1n) is 9.84. The van der Waals surface area contributed by atoms with Gasteiger partial charge in [0.15, 0.2) is 0 Å². The predicted octanol–water partition coefficient (Wildman–Crippen LogP) is 2.04. The maximum Gasteiger partial charge on any atom is 0.284 e. The normalized spacial score (nSPS) is 28.9. The summed E-state index contributed by atoms with van der Waals surface area (Å²) in [6, 6.07) is 14.3. The van der Waals surface area contributed by atoms with Gasteiger partial charge in [-0.1, -0.05) is 48.5 Å². The molecule has 0 saturated carbocycles. The van der Waals surface area contributed by atoms with Crippen molar-refractivity contribution in [1.29, 1.82) is 0 Å². The lowest BCUT2D eigenvalue weighted by molar-refractivity contribution is -0.578. The zero-order valence-corrected chi connectivity index (χ0v) is 15.7. The predicted molar refractivity (Wildman–Crippen MR) is 103 cm³/mol. The van der Waals surface area contributed by atoms with Gasteiger partial charge in [0.2, 0.25) is 11.8 Å². The Morgan fingerprint density at radius 1 is 0.966 bits per heavy atom. The average Bonchev–Trinajstić information content (AvgIpc) is 2.99. The lowest BCUT2D eigenvalue weighted by Crippen LogP contribution is -2.57. The number of likely N-dealkylation sites (tertiary alicyclic amines) is 1. The van der Waals surface area contributed by atoms with E-state index in [1.807, 2.05) is 24.3 Å². The Kier molecular flexibility index (Phi) is 3.86. The third-order valence-electron chi connectivity index (χ3n) is 6.74. The Labute approximate surface area is 167 Å². The molecule has 3 aliphatic carbocycles. The molecule has 7 heteroatoms. The fourth-order valence-corrected chi connectivity index (χ4v) is 5.70.